The van der Waals surface area contributed by atoms with E-state index in [0.29, 0.717) is 11.7 Å². The lowest BCUT2D eigenvalue weighted by molar-refractivity contribution is -0.0337. The molecule has 4 heteroatoms. The van der Waals surface area contributed by atoms with Gasteiger partial charge in [-0.1, -0.05) is 13.0 Å². The summed E-state index contributed by atoms with van der Waals surface area (Å²) in [5, 5.41) is 3.36. The number of nitrogens with two attached hydrogens (primary N) is 1. The minimum Gasteiger partial charge on any atom is -0.486 e. The fraction of sp³-hybridized carbons (Fsp3) is 0.571. The maximum Gasteiger partial charge on any atom is 0.127 e. The number of nitrogens with one attached hydrogen (secondary N) is 1. The first-order valence-electron chi connectivity index (χ1n) is 6.55. The smallest absolute Gasteiger partial charge is 0.127 e. The van der Waals surface area contributed by atoms with Gasteiger partial charge in [-0.2, -0.15) is 0 Å². The predicted molar refractivity (Wildman–Crippen MR) is 68.0 cm³/mol. The van der Waals surface area contributed by atoms with E-state index in [4.69, 9.17) is 10.5 Å². The minimum atomic E-state index is -0.264. The Morgan fingerprint density at radius 2 is 2.33 bits per heavy atom. The molecule has 0 amide bonds. The quantitative estimate of drug-likeness (QED) is 0.740. The highest BCUT2D eigenvalue weighted by atomic mass is 19.1. The van der Waals surface area contributed by atoms with Crippen LogP contribution in [0.5, 0.6) is 5.75 Å². The van der Waals surface area contributed by atoms with E-state index in [1.165, 1.54) is 12.1 Å². The molecule has 3 nitrogen and oxygen atoms in total. The molecule has 2 aliphatic rings. The summed E-state index contributed by atoms with van der Waals surface area (Å²) in [6.45, 7) is 4.03. The maximum atomic E-state index is 13.3. The van der Waals surface area contributed by atoms with E-state index in [9.17, 15) is 4.39 Å². The first-order chi connectivity index (χ1) is 8.61. The van der Waals surface area contributed by atoms with Gasteiger partial charge in [0.1, 0.15) is 17.2 Å². The Kier molecular flexibility index (Phi) is 2.79. The van der Waals surface area contributed by atoms with Gasteiger partial charge in [0.2, 0.25) is 0 Å². The Morgan fingerprint density at radius 3 is 3.11 bits per heavy atom. The summed E-state index contributed by atoms with van der Waals surface area (Å²) in [4.78, 5) is 0. The van der Waals surface area contributed by atoms with Crippen molar-refractivity contribution in [2.75, 3.05) is 13.1 Å². The number of fused-ring (bicyclic) bond motifs is 1. The van der Waals surface area contributed by atoms with Crippen molar-refractivity contribution in [2.24, 2.45) is 11.7 Å². The fourth-order valence-electron chi connectivity index (χ4n) is 3.15. The van der Waals surface area contributed by atoms with Crippen molar-refractivity contribution in [3.8, 4) is 5.75 Å². The third-order valence-electron chi connectivity index (χ3n) is 4.33. The van der Waals surface area contributed by atoms with Crippen LogP contribution < -0.4 is 15.8 Å². The second kappa shape index (κ2) is 4.21. The molecule has 3 unspecified atom stereocenters. The van der Waals surface area contributed by atoms with Crippen molar-refractivity contribution in [3.63, 3.8) is 0 Å². The highest BCUT2D eigenvalue weighted by Gasteiger charge is 2.45. The molecule has 18 heavy (non-hydrogen) atoms. The molecule has 3 N–H and O–H groups in total. The lowest BCUT2D eigenvalue weighted by Gasteiger charge is -2.47. The van der Waals surface area contributed by atoms with Crippen molar-refractivity contribution in [1.82, 2.24) is 5.32 Å². The SMILES string of the molecule is CC1CNCCC12CC(N)c1ccc(F)cc1O2. The number of hydrogen-bond acceptors (Lipinski definition) is 3. The summed E-state index contributed by atoms with van der Waals surface area (Å²) in [7, 11) is 0. The molecule has 0 bridgehead atoms. The highest BCUT2D eigenvalue weighted by Crippen LogP contribution is 2.44. The lowest BCUT2D eigenvalue weighted by Crippen LogP contribution is -2.55. The van der Waals surface area contributed by atoms with Gasteiger partial charge in [-0.15, -0.1) is 0 Å². The zero-order chi connectivity index (χ0) is 12.8. The minimum absolute atomic E-state index is 0.0603. The number of hydrogen-bond donors (Lipinski definition) is 2. The summed E-state index contributed by atoms with van der Waals surface area (Å²) in [6, 6.07) is 4.60. The van der Waals surface area contributed by atoms with E-state index in [2.05, 4.69) is 12.2 Å². The van der Waals surface area contributed by atoms with Crippen LogP contribution >= 0.6 is 0 Å². The predicted octanol–water partition coefficient (Wildman–Crippen LogP) is 1.98. The van der Waals surface area contributed by atoms with Gasteiger partial charge in [0.05, 0.1) is 0 Å². The topological polar surface area (TPSA) is 47.3 Å². The van der Waals surface area contributed by atoms with Crippen molar-refractivity contribution < 1.29 is 9.13 Å². The molecule has 98 valence electrons. The monoisotopic (exact) mass is 250 g/mol. The van der Waals surface area contributed by atoms with Crippen LogP contribution in [-0.4, -0.2) is 18.7 Å². The van der Waals surface area contributed by atoms with E-state index in [1.807, 2.05) is 0 Å². The Balaban J connectivity index is 1.99. The van der Waals surface area contributed by atoms with Crippen LogP contribution in [0.25, 0.3) is 0 Å². The standard InChI is InChI=1S/C14H19FN2O/c1-9-8-17-5-4-14(9)7-12(16)11-3-2-10(15)6-13(11)18-14/h2-3,6,9,12,17H,4-5,7-8,16H2,1H3. The molecule has 1 aromatic rings. The number of benzene rings is 1. The molecule has 3 atom stereocenters. The van der Waals surface area contributed by atoms with E-state index in [0.717, 1.165) is 31.5 Å². The van der Waals surface area contributed by atoms with E-state index in [1.54, 1.807) is 6.07 Å². The van der Waals surface area contributed by atoms with Crippen molar-refractivity contribution in [2.45, 2.75) is 31.4 Å². The average molecular weight is 250 g/mol. The Labute approximate surface area is 107 Å². The third-order valence-corrected chi connectivity index (χ3v) is 4.33. The molecule has 0 saturated carbocycles. The second-order valence-electron chi connectivity index (χ2n) is 5.51. The van der Waals surface area contributed by atoms with Gasteiger partial charge in [0.25, 0.3) is 0 Å². The van der Waals surface area contributed by atoms with Crippen LogP contribution in [0.1, 0.15) is 31.4 Å². The number of rotatable bonds is 0. The highest BCUT2D eigenvalue weighted by molar-refractivity contribution is 5.39. The normalized spacial score (nSPS) is 35.1. The fourth-order valence-corrected chi connectivity index (χ4v) is 3.15. The van der Waals surface area contributed by atoms with E-state index in [-0.39, 0.29) is 17.5 Å². The van der Waals surface area contributed by atoms with Crippen LogP contribution in [0.4, 0.5) is 4.39 Å². The van der Waals surface area contributed by atoms with Gasteiger partial charge in [-0.3, -0.25) is 0 Å². The number of ether oxygens (including phenoxy) is 1. The van der Waals surface area contributed by atoms with Crippen LogP contribution in [0, 0.1) is 11.7 Å². The average Bonchev–Trinajstić information content (AvgIpc) is 2.32. The van der Waals surface area contributed by atoms with Crippen molar-refractivity contribution in [1.29, 1.82) is 0 Å². The molecule has 0 radical (unpaired) electrons. The number of halogens is 1. The van der Waals surface area contributed by atoms with Crippen LogP contribution in [0.2, 0.25) is 0 Å². The maximum absolute atomic E-state index is 13.3. The molecule has 1 saturated heterocycles. The van der Waals surface area contributed by atoms with Gasteiger partial charge in [0, 0.05) is 36.6 Å². The van der Waals surface area contributed by atoms with E-state index < -0.39 is 0 Å². The molecule has 2 aliphatic heterocycles. The van der Waals surface area contributed by atoms with Crippen LogP contribution in [0.3, 0.4) is 0 Å². The summed E-state index contributed by atoms with van der Waals surface area (Å²) in [5.41, 5.74) is 6.93. The molecule has 3 rings (SSSR count). The summed E-state index contributed by atoms with van der Waals surface area (Å²) in [6.07, 6.45) is 1.74. The zero-order valence-electron chi connectivity index (χ0n) is 10.6. The van der Waals surface area contributed by atoms with Crippen molar-refractivity contribution >= 4 is 0 Å². The largest absolute Gasteiger partial charge is 0.486 e. The van der Waals surface area contributed by atoms with Crippen molar-refractivity contribution in [3.05, 3.63) is 29.6 Å². The molecule has 0 aromatic heterocycles. The molecular formula is C14H19FN2O. The van der Waals surface area contributed by atoms with E-state index >= 15 is 0 Å². The van der Waals surface area contributed by atoms with Gasteiger partial charge < -0.3 is 15.8 Å². The summed E-state index contributed by atoms with van der Waals surface area (Å²) in [5.74, 6) is 0.746. The zero-order valence-corrected chi connectivity index (χ0v) is 10.6. The molecular weight excluding hydrogens is 231 g/mol. The van der Waals surface area contributed by atoms with Crippen LogP contribution in [-0.2, 0) is 0 Å². The third kappa shape index (κ3) is 1.80. The van der Waals surface area contributed by atoms with Gasteiger partial charge in [-0.25, -0.2) is 4.39 Å². The first kappa shape index (κ1) is 11.9. The van der Waals surface area contributed by atoms with Gasteiger partial charge >= 0.3 is 0 Å². The van der Waals surface area contributed by atoms with Gasteiger partial charge in [-0.05, 0) is 19.0 Å². The molecule has 1 aromatic carbocycles. The summed E-state index contributed by atoms with van der Waals surface area (Å²) < 4.78 is 19.5. The number of piperidine rings is 1. The van der Waals surface area contributed by atoms with Gasteiger partial charge in [0.15, 0.2) is 0 Å². The second-order valence-corrected chi connectivity index (χ2v) is 5.51. The Morgan fingerprint density at radius 1 is 1.50 bits per heavy atom. The molecule has 2 heterocycles. The Bertz CT molecular complexity index is 465. The lowest BCUT2D eigenvalue weighted by atomic mass is 9.75. The first-order valence-corrected chi connectivity index (χ1v) is 6.55. The molecule has 0 aliphatic carbocycles. The van der Waals surface area contributed by atoms with Crippen LogP contribution in [0.15, 0.2) is 18.2 Å². The molecule has 1 fully saturated rings. The summed E-state index contributed by atoms with van der Waals surface area (Å²) >= 11 is 0. The molecule has 1 spiro atoms. The Hall–Kier alpha value is -1.13.